The van der Waals surface area contributed by atoms with E-state index in [9.17, 15) is 4.21 Å². The smallest absolute Gasteiger partial charge is 0.145 e. The van der Waals surface area contributed by atoms with Crippen LogP contribution < -0.4 is 5.32 Å². The zero-order valence-corrected chi connectivity index (χ0v) is 9.67. The van der Waals surface area contributed by atoms with E-state index in [2.05, 4.69) is 10.3 Å². The van der Waals surface area contributed by atoms with Gasteiger partial charge in [0.1, 0.15) is 11.1 Å². The van der Waals surface area contributed by atoms with E-state index >= 15 is 0 Å². The van der Waals surface area contributed by atoms with Crippen molar-refractivity contribution in [1.82, 2.24) is 10.3 Å². The van der Waals surface area contributed by atoms with Gasteiger partial charge in [-0.1, -0.05) is 0 Å². The summed E-state index contributed by atoms with van der Waals surface area (Å²) in [6, 6.07) is 5.40. The minimum Gasteiger partial charge on any atom is -0.316 e. The highest BCUT2D eigenvalue weighted by Crippen LogP contribution is 2.17. The molecule has 84 valence electrons. The van der Waals surface area contributed by atoms with Crippen LogP contribution in [-0.4, -0.2) is 27.5 Å². The summed E-state index contributed by atoms with van der Waals surface area (Å²) in [5.41, 5.74) is 0.423. The molecule has 1 aromatic rings. The first-order valence-electron chi connectivity index (χ1n) is 5.29. The second kappa shape index (κ2) is 5.19. The van der Waals surface area contributed by atoms with Crippen LogP contribution in [0.2, 0.25) is 0 Å². The summed E-state index contributed by atoms with van der Waals surface area (Å²) in [6.45, 7) is 1.73. The second-order valence-corrected chi connectivity index (χ2v) is 5.38. The summed E-state index contributed by atoms with van der Waals surface area (Å²) < 4.78 is 12.2. The van der Waals surface area contributed by atoms with Crippen molar-refractivity contribution in [2.24, 2.45) is 0 Å². The van der Waals surface area contributed by atoms with Crippen LogP contribution in [0.4, 0.5) is 0 Å². The third-order valence-corrected chi connectivity index (χ3v) is 4.35. The molecular formula is C11H13N3OS. The Hall–Kier alpha value is -1.25. The summed E-state index contributed by atoms with van der Waals surface area (Å²) in [4.78, 5) is 4.07. The predicted octanol–water partition coefficient (Wildman–Crippen LogP) is 0.813. The van der Waals surface area contributed by atoms with Crippen LogP contribution in [-0.2, 0) is 10.8 Å². The van der Waals surface area contributed by atoms with E-state index in [1.807, 2.05) is 6.07 Å². The standard InChI is InChI=1S/C11H13N3OS/c12-7-9-3-1-6-14-11(9)16(15)10-4-2-5-13-8-10/h1,3,6,10,13H,2,4-5,8H2/t10-,16-/m0/s1. The Morgan fingerprint density at radius 2 is 2.50 bits per heavy atom. The van der Waals surface area contributed by atoms with Gasteiger partial charge >= 0.3 is 0 Å². The minimum absolute atomic E-state index is 0.0794. The number of aromatic nitrogens is 1. The van der Waals surface area contributed by atoms with Gasteiger partial charge in [-0.2, -0.15) is 5.26 Å². The van der Waals surface area contributed by atoms with Crippen molar-refractivity contribution >= 4 is 10.8 Å². The van der Waals surface area contributed by atoms with Crippen LogP contribution in [0.5, 0.6) is 0 Å². The van der Waals surface area contributed by atoms with Crippen molar-refractivity contribution < 1.29 is 4.21 Å². The normalized spacial score (nSPS) is 22.3. The van der Waals surface area contributed by atoms with E-state index in [1.54, 1.807) is 18.3 Å². The molecule has 0 bridgehead atoms. The molecule has 4 nitrogen and oxygen atoms in total. The Labute approximate surface area is 97.2 Å². The van der Waals surface area contributed by atoms with Gasteiger partial charge < -0.3 is 5.32 Å². The highest BCUT2D eigenvalue weighted by molar-refractivity contribution is 7.85. The third-order valence-electron chi connectivity index (χ3n) is 2.64. The minimum atomic E-state index is -1.18. The fourth-order valence-electron chi connectivity index (χ4n) is 1.80. The van der Waals surface area contributed by atoms with Crippen LogP contribution >= 0.6 is 0 Å². The number of pyridine rings is 1. The number of hydrogen-bond donors (Lipinski definition) is 1. The molecule has 2 atom stereocenters. The van der Waals surface area contributed by atoms with Gasteiger partial charge in [-0.25, -0.2) is 4.98 Å². The number of nitrogens with one attached hydrogen (secondary N) is 1. The predicted molar refractivity (Wildman–Crippen MR) is 61.3 cm³/mol. The molecule has 0 amide bonds. The summed E-state index contributed by atoms with van der Waals surface area (Å²) in [5, 5.41) is 12.7. The number of rotatable bonds is 2. The molecule has 5 heteroatoms. The van der Waals surface area contributed by atoms with Crippen molar-refractivity contribution in [2.45, 2.75) is 23.1 Å². The molecule has 1 fully saturated rings. The summed E-state index contributed by atoms with van der Waals surface area (Å²) in [5.74, 6) is 0. The second-order valence-electron chi connectivity index (χ2n) is 3.73. The molecule has 1 aromatic heterocycles. The van der Waals surface area contributed by atoms with E-state index < -0.39 is 10.8 Å². The fraction of sp³-hybridized carbons (Fsp3) is 0.455. The summed E-state index contributed by atoms with van der Waals surface area (Å²) in [6.07, 6.45) is 3.55. The van der Waals surface area contributed by atoms with Crippen LogP contribution in [0.3, 0.4) is 0 Å². The quantitative estimate of drug-likeness (QED) is 0.824. The van der Waals surface area contributed by atoms with Gasteiger partial charge in [0.25, 0.3) is 0 Å². The Morgan fingerprint density at radius 1 is 1.62 bits per heavy atom. The zero-order chi connectivity index (χ0) is 11.4. The van der Waals surface area contributed by atoms with E-state index in [0.717, 1.165) is 25.9 Å². The molecule has 2 heterocycles. The van der Waals surface area contributed by atoms with Crippen molar-refractivity contribution in [3.8, 4) is 6.07 Å². The lowest BCUT2D eigenvalue weighted by Gasteiger charge is -2.21. The monoisotopic (exact) mass is 235 g/mol. The Bertz CT molecular complexity index is 435. The molecule has 1 saturated heterocycles. The molecule has 1 N–H and O–H groups in total. The number of piperidine rings is 1. The first kappa shape index (κ1) is 11.2. The molecular weight excluding hydrogens is 222 g/mol. The maximum Gasteiger partial charge on any atom is 0.145 e. The topological polar surface area (TPSA) is 65.8 Å². The van der Waals surface area contributed by atoms with Crippen LogP contribution in [0.25, 0.3) is 0 Å². The maximum atomic E-state index is 12.2. The van der Waals surface area contributed by atoms with Crippen molar-refractivity contribution in [3.05, 3.63) is 23.9 Å². The molecule has 0 unspecified atom stereocenters. The van der Waals surface area contributed by atoms with Gasteiger partial charge in [0.05, 0.1) is 21.6 Å². The molecule has 16 heavy (non-hydrogen) atoms. The third kappa shape index (κ3) is 2.29. The first-order valence-corrected chi connectivity index (χ1v) is 6.50. The van der Waals surface area contributed by atoms with Crippen molar-refractivity contribution in [2.75, 3.05) is 13.1 Å². The fourth-order valence-corrected chi connectivity index (χ4v) is 3.26. The van der Waals surface area contributed by atoms with Gasteiger partial charge in [-0.3, -0.25) is 4.21 Å². The molecule has 0 aromatic carbocycles. The SMILES string of the molecule is N#Cc1cccnc1[S@@](=O)[C@H]1CCCNC1. The molecule has 0 aliphatic carbocycles. The Balaban J connectivity index is 2.23. The number of nitriles is 1. The molecule has 0 saturated carbocycles. The Morgan fingerprint density at radius 3 is 3.19 bits per heavy atom. The zero-order valence-electron chi connectivity index (χ0n) is 8.85. The van der Waals surface area contributed by atoms with Gasteiger partial charge in [-0.05, 0) is 31.5 Å². The van der Waals surface area contributed by atoms with Gasteiger partial charge in [0.2, 0.25) is 0 Å². The van der Waals surface area contributed by atoms with E-state index in [0.29, 0.717) is 10.6 Å². The van der Waals surface area contributed by atoms with Crippen LogP contribution in [0, 0.1) is 11.3 Å². The lowest BCUT2D eigenvalue weighted by Crippen LogP contribution is -2.36. The van der Waals surface area contributed by atoms with Crippen molar-refractivity contribution in [3.63, 3.8) is 0 Å². The molecule has 2 rings (SSSR count). The van der Waals surface area contributed by atoms with Gasteiger partial charge in [0.15, 0.2) is 0 Å². The maximum absolute atomic E-state index is 12.2. The highest BCUT2D eigenvalue weighted by atomic mass is 32.2. The van der Waals surface area contributed by atoms with E-state index in [4.69, 9.17) is 5.26 Å². The molecule has 1 aliphatic heterocycles. The highest BCUT2D eigenvalue weighted by Gasteiger charge is 2.23. The van der Waals surface area contributed by atoms with Gasteiger partial charge in [0, 0.05) is 12.7 Å². The Kier molecular flexibility index (Phi) is 3.65. The first-order chi connectivity index (χ1) is 7.83. The average Bonchev–Trinajstić information content (AvgIpc) is 2.39. The van der Waals surface area contributed by atoms with Gasteiger partial charge in [-0.15, -0.1) is 0 Å². The van der Waals surface area contributed by atoms with Crippen LogP contribution in [0.1, 0.15) is 18.4 Å². The van der Waals surface area contributed by atoms with Crippen molar-refractivity contribution in [1.29, 1.82) is 5.26 Å². The number of hydrogen-bond acceptors (Lipinski definition) is 4. The number of nitrogens with zero attached hydrogens (tertiary/aromatic N) is 2. The van der Waals surface area contributed by atoms with E-state index in [1.165, 1.54) is 0 Å². The summed E-state index contributed by atoms with van der Waals surface area (Å²) >= 11 is 0. The molecule has 0 radical (unpaired) electrons. The lowest BCUT2D eigenvalue weighted by atomic mass is 10.2. The average molecular weight is 235 g/mol. The largest absolute Gasteiger partial charge is 0.316 e. The lowest BCUT2D eigenvalue weighted by molar-refractivity contribution is 0.519. The molecule has 1 aliphatic rings. The van der Waals surface area contributed by atoms with Crippen LogP contribution in [0.15, 0.2) is 23.4 Å². The van der Waals surface area contributed by atoms with E-state index in [-0.39, 0.29) is 5.25 Å². The molecule has 0 spiro atoms. The summed E-state index contributed by atoms with van der Waals surface area (Å²) in [7, 11) is -1.18.